The van der Waals surface area contributed by atoms with Gasteiger partial charge < -0.3 is 18.9 Å². The van der Waals surface area contributed by atoms with Gasteiger partial charge in [-0.1, -0.05) is 17.3 Å². The van der Waals surface area contributed by atoms with E-state index in [4.69, 9.17) is 14.0 Å². The lowest BCUT2D eigenvalue weighted by Crippen LogP contribution is -2.31. The van der Waals surface area contributed by atoms with Crippen molar-refractivity contribution in [3.8, 4) is 17.1 Å². The number of ether oxygens (including phenoxy) is 2. The van der Waals surface area contributed by atoms with E-state index >= 15 is 0 Å². The van der Waals surface area contributed by atoms with Gasteiger partial charge in [-0.05, 0) is 31.9 Å². The maximum Gasteiger partial charge on any atom is 0.306 e. The van der Waals surface area contributed by atoms with E-state index in [0.29, 0.717) is 30.6 Å². The molecule has 1 saturated heterocycles. The van der Waals surface area contributed by atoms with E-state index < -0.39 is 0 Å². The highest BCUT2D eigenvalue weighted by molar-refractivity contribution is 5.81. The summed E-state index contributed by atoms with van der Waals surface area (Å²) < 4.78 is 15.5. The number of aromatic nitrogens is 2. The van der Waals surface area contributed by atoms with Crippen LogP contribution in [0.5, 0.6) is 5.75 Å². The van der Waals surface area contributed by atoms with Crippen molar-refractivity contribution in [1.82, 2.24) is 15.0 Å². The number of carbonyl (C=O) groups is 2. The highest BCUT2D eigenvalue weighted by Crippen LogP contribution is 2.33. The third-order valence-electron chi connectivity index (χ3n) is 4.48. The van der Waals surface area contributed by atoms with E-state index in [-0.39, 0.29) is 30.8 Å². The largest absolute Gasteiger partial charge is 0.497 e. The molecule has 0 bridgehead atoms. The zero-order valence-corrected chi connectivity index (χ0v) is 15.5. The van der Waals surface area contributed by atoms with Gasteiger partial charge in [0, 0.05) is 18.5 Å². The molecule has 1 fully saturated rings. The Hall–Kier alpha value is -2.90. The normalized spacial score (nSPS) is 16.4. The zero-order chi connectivity index (χ0) is 19.2. The summed E-state index contributed by atoms with van der Waals surface area (Å²) in [5, 5.41) is 4.05. The minimum absolute atomic E-state index is 0.0782. The Morgan fingerprint density at radius 2 is 2.19 bits per heavy atom. The van der Waals surface area contributed by atoms with Crippen LogP contribution >= 0.6 is 0 Å². The van der Waals surface area contributed by atoms with Crippen molar-refractivity contribution < 1.29 is 23.6 Å². The number of likely N-dealkylation sites (tertiary alicyclic amines) is 1. The number of carbonyl (C=O) groups excluding carboxylic acids is 2. The van der Waals surface area contributed by atoms with E-state index in [2.05, 4.69) is 10.1 Å². The van der Waals surface area contributed by atoms with E-state index in [9.17, 15) is 9.59 Å². The molecule has 2 aromatic rings. The van der Waals surface area contributed by atoms with Gasteiger partial charge in [-0.2, -0.15) is 4.98 Å². The van der Waals surface area contributed by atoms with Crippen LogP contribution in [-0.2, 0) is 14.3 Å². The summed E-state index contributed by atoms with van der Waals surface area (Å²) in [6, 6.07) is 7.13. The molecule has 0 saturated carbocycles. The molecule has 0 spiro atoms. The fourth-order valence-corrected chi connectivity index (χ4v) is 3.16. The summed E-state index contributed by atoms with van der Waals surface area (Å²) >= 11 is 0. The Kier molecular flexibility index (Phi) is 6.05. The lowest BCUT2D eigenvalue weighted by atomic mass is 10.2. The second-order valence-corrected chi connectivity index (χ2v) is 6.24. The number of hydrogen-bond donors (Lipinski definition) is 0. The van der Waals surface area contributed by atoms with Crippen molar-refractivity contribution >= 4 is 11.9 Å². The summed E-state index contributed by atoms with van der Waals surface area (Å²) in [6.07, 6.45) is 1.80. The van der Waals surface area contributed by atoms with Crippen LogP contribution in [-0.4, -0.2) is 47.2 Å². The second kappa shape index (κ2) is 8.66. The molecule has 1 aromatic heterocycles. The first-order valence-electron chi connectivity index (χ1n) is 9.05. The van der Waals surface area contributed by atoms with E-state index in [1.54, 1.807) is 18.9 Å². The standard InChI is InChI=1S/C19H23N3O5/c1-3-26-17(24)10-9-16(23)22-11-5-8-15(22)19-20-18(21-27-19)13-6-4-7-14(12-13)25-2/h4,6-7,12,15H,3,5,8-11H2,1-2H3. The molecule has 0 radical (unpaired) electrons. The van der Waals surface area contributed by atoms with Crippen molar-refractivity contribution in [1.29, 1.82) is 0 Å². The molecular formula is C19H23N3O5. The van der Waals surface area contributed by atoms with Crippen LogP contribution in [0.25, 0.3) is 11.4 Å². The maximum atomic E-state index is 12.5. The van der Waals surface area contributed by atoms with Crippen LogP contribution in [0.2, 0.25) is 0 Å². The van der Waals surface area contributed by atoms with Gasteiger partial charge in [-0.3, -0.25) is 9.59 Å². The average molecular weight is 373 g/mol. The van der Waals surface area contributed by atoms with Gasteiger partial charge in [0.1, 0.15) is 11.8 Å². The molecule has 1 aliphatic rings. The smallest absolute Gasteiger partial charge is 0.306 e. The molecule has 8 heteroatoms. The monoisotopic (exact) mass is 373 g/mol. The van der Waals surface area contributed by atoms with Gasteiger partial charge >= 0.3 is 5.97 Å². The minimum atomic E-state index is -0.361. The zero-order valence-electron chi connectivity index (χ0n) is 15.5. The van der Waals surface area contributed by atoms with Gasteiger partial charge in [-0.15, -0.1) is 0 Å². The topological polar surface area (TPSA) is 94.8 Å². The molecule has 144 valence electrons. The Balaban J connectivity index is 1.69. The molecule has 1 aromatic carbocycles. The van der Waals surface area contributed by atoms with Gasteiger partial charge in [0.05, 0.1) is 20.1 Å². The van der Waals surface area contributed by atoms with E-state index in [0.717, 1.165) is 18.4 Å². The van der Waals surface area contributed by atoms with Crippen LogP contribution in [0.1, 0.15) is 44.5 Å². The molecular weight excluding hydrogens is 350 g/mol. The van der Waals surface area contributed by atoms with E-state index in [1.165, 1.54) is 0 Å². The highest BCUT2D eigenvalue weighted by Gasteiger charge is 2.34. The Morgan fingerprint density at radius 1 is 1.33 bits per heavy atom. The first-order valence-corrected chi connectivity index (χ1v) is 9.05. The van der Waals surface area contributed by atoms with Gasteiger partial charge in [0.2, 0.25) is 17.6 Å². The van der Waals surface area contributed by atoms with Crippen molar-refractivity contribution in [2.24, 2.45) is 0 Å². The van der Waals surface area contributed by atoms with Crippen LogP contribution < -0.4 is 4.74 Å². The first-order chi connectivity index (χ1) is 13.1. The third kappa shape index (κ3) is 4.45. The van der Waals surface area contributed by atoms with Crippen molar-refractivity contribution in [3.63, 3.8) is 0 Å². The van der Waals surface area contributed by atoms with E-state index in [1.807, 2.05) is 24.3 Å². The molecule has 1 amide bonds. The van der Waals surface area contributed by atoms with Crippen LogP contribution in [0.4, 0.5) is 0 Å². The third-order valence-corrected chi connectivity index (χ3v) is 4.48. The molecule has 0 N–H and O–H groups in total. The SMILES string of the molecule is CCOC(=O)CCC(=O)N1CCCC1c1nc(-c2cccc(OC)c2)no1. The van der Waals surface area contributed by atoms with Crippen LogP contribution in [0.15, 0.2) is 28.8 Å². The Bertz CT molecular complexity index is 804. The molecule has 1 atom stereocenters. The first kappa shape index (κ1) is 18.9. The summed E-state index contributed by atoms with van der Waals surface area (Å²) in [7, 11) is 1.60. The van der Waals surface area contributed by atoms with Crippen LogP contribution in [0.3, 0.4) is 0 Å². The fourth-order valence-electron chi connectivity index (χ4n) is 3.16. The van der Waals surface area contributed by atoms with Crippen LogP contribution in [0, 0.1) is 0 Å². The van der Waals surface area contributed by atoms with Crippen molar-refractivity contribution in [3.05, 3.63) is 30.2 Å². The molecule has 3 rings (SSSR count). The number of amides is 1. The van der Waals surface area contributed by atoms with Gasteiger partial charge in [0.15, 0.2) is 0 Å². The number of nitrogens with zero attached hydrogens (tertiary/aromatic N) is 3. The maximum absolute atomic E-state index is 12.5. The number of hydrogen-bond acceptors (Lipinski definition) is 7. The summed E-state index contributed by atoms with van der Waals surface area (Å²) in [5.41, 5.74) is 0.780. The summed E-state index contributed by atoms with van der Waals surface area (Å²) in [4.78, 5) is 30.2. The molecule has 0 aliphatic carbocycles. The fraction of sp³-hybridized carbons (Fsp3) is 0.474. The quantitative estimate of drug-likeness (QED) is 0.689. The molecule has 1 unspecified atom stereocenters. The predicted molar refractivity (Wildman–Crippen MR) is 95.8 cm³/mol. The molecule has 2 heterocycles. The molecule has 1 aliphatic heterocycles. The lowest BCUT2D eigenvalue weighted by Gasteiger charge is -2.21. The number of benzene rings is 1. The lowest BCUT2D eigenvalue weighted by molar-refractivity contribution is -0.146. The average Bonchev–Trinajstić information content (AvgIpc) is 3.35. The number of rotatable bonds is 7. The summed E-state index contributed by atoms with van der Waals surface area (Å²) in [6.45, 7) is 2.67. The highest BCUT2D eigenvalue weighted by atomic mass is 16.5. The molecule has 27 heavy (non-hydrogen) atoms. The second-order valence-electron chi connectivity index (χ2n) is 6.24. The predicted octanol–water partition coefficient (Wildman–Crippen LogP) is 2.75. The van der Waals surface area contributed by atoms with Crippen molar-refractivity contribution in [2.45, 2.75) is 38.6 Å². The Morgan fingerprint density at radius 3 is 2.96 bits per heavy atom. The summed E-state index contributed by atoms with van der Waals surface area (Å²) in [5.74, 6) is 1.10. The Labute approximate surface area is 157 Å². The number of methoxy groups -OCH3 is 1. The van der Waals surface area contributed by atoms with Crippen molar-refractivity contribution in [2.75, 3.05) is 20.3 Å². The molecule has 8 nitrogen and oxygen atoms in total. The minimum Gasteiger partial charge on any atom is -0.497 e. The van der Waals surface area contributed by atoms with Gasteiger partial charge in [-0.25, -0.2) is 0 Å². The van der Waals surface area contributed by atoms with Gasteiger partial charge in [0.25, 0.3) is 0 Å². The number of esters is 1.